The van der Waals surface area contributed by atoms with Crippen molar-refractivity contribution >= 4 is 0 Å². The van der Waals surface area contributed by atoms with Gasteiger partial charge in [-0.05, 0) is 31.5 Å². The Morgan fingerprint density at radius 1 is 1.38 bits per heavy atom. The molecule has 0 radical (unpaired) electrons. The summed E-state index contributed by atoms with van der Waals surface area (Å²) in [5.41, 5.74) is 0. The number of hydrogen-bond donors (Lipinski definition) is 1. The number of rotatable bonds is 5. The van der Waals surface area contributed by atoms with Crippen LogP contribution in [0.4, 0.5) is 0 Å². The van der Waals surface area contributed by atoms with E-state index >= 15 is 0 Å². The van der Waals surface area contributed by atoms with Gasteiger partial charge in [-0.15, -0.1) is 0 Å². The summed E-state index contributed by atoms with van der Waals surface area (Å²) in [5, 5.41) is 3.46. The molecule has 0 aliphatic rings. The molecular weight excluding hydrogens is 162 g/mol. The Morgan fingerprint density at radius 2 is 2.15 bits per heavy atom. The van der Waals surface area contributed by atoms with Crippen molar-refractivity contribution in [2.45, 2.75) is 33.2 Å². The maximum absolute atomic E-state index is 5.27. The second kappa shape index (κ2) is 5.07. The molecule has 0 saturated heterocycles. The molecule has 1 aromatic heterocycles. The molecule has 0 amide bonds. The predicted octanol–water partition coefficient (Wildman–Crippen LogP) is 2.46. The molecule has 74 valence electrons. The second-order valence-electron chi connectivity index (χ2n) is 3.99. The summed E-state index contributed by atoms with van der Waals surface area (Å²) in [6, 6.07) is 4.45. The first kappa shape index (κ1) is 10.3. The average Bonchev–Trinajstić information content (AvgIpc) is 2.53. The van der Waals surface area contributed by atoms with Crippen molar-refractivity contribution in [2.75, 3.05) is 6.54 Å². The van der Waals surface area contributed by atoms with E-state index in [4.69, 9.17) is 4.42 Å². The molecule has 1 aromatic rings. The van der Waals surface area contributed by atoms with E-state index < -0.39 is 0 Å². The molecule has 0 aromatic carbocycles. The van der Waals surface area contributed by atoms with Crippen molar-refractivity contribution < 1.29 is 4.42 Å². The molecule has 0 bridgehead atoms. The molecule has 2 nitrogen and oxygen atoms in total. The Hall–Kier alpha value is -0.760. The maximum Gasteiger partial charge on any atom is 0.105 e. The zero-order chi connectivity index (χ0) is 9.68. The molecule has 0 spiro atoms. The molecule has 1 N–H and O–H groups in total. The third kappa shape index (κ3) is 4.13. The fourth-order valence-corrected chi connectivity index (χ4v) is 1.24. The predicted molar refractivity (Wildman–Crippen MR) is 54.7 cm³/mol. The van der Waals surface area contributed by atoms with Gasteiger partial charge in [0.1, 0.15) is 5.76 Å². The van der Waals surface area contributed by atoms with Crippen LogP contribution in [-0.4, -0.2) is 12.6 Å². The van der Waals surface area contributed by atoms with Gasteiger partial charge in [0.05, 0.1) is 6.26 Å². The van der Waals surface area contributed by atoms with Gasteiger partial charge in [-0.1, -0.05) is 13.8 Å². The summed E-state index contributed by atoms with van der Waals surface area (Å²) in [4.78, 5) is 0. The van der Waals surface area contributed by atoms with Crippen LogP contribution in [0.5, 0.6) is 0 Å². The minimum absolute atomic E-state index is 0.494. The molecule has 0 aliphatic heterocycles. The summed E-state index contributed by atoms with van der Waals surface area (Å²) in [6.45, 7) is 7.69. The van der Waals surface area contributed by atoms with E-state index in [2.05, 4.69) is 26.1 Å². The first-order chi connectivity index (χ1) is 6.18. The molecule has 0 fully saturated rings. The Bertz CT molecular complexity index is 216. The average molecular weight is 181 g/mol. The van der Waals surface area contributed by atoms with E-state index in [-0.39, 0.29) is 0 Å². The maximum atomic E-state index is 5.27. The quantitative estimate of drug-likeness (QED) is 0.754. The van der Waals surface area contributed by atoms with Crippen molar-refractivity contribution in [2.24, 2.45) is 5.92 Å². The second-order valence-corrected chi connectivity index (χ2v) is 3.99. The van der Waals surface area contributed by atoms with Crippen LogP contribution in [0.15, 0.2) is 22.8 Å². The number of hydrogen-bond acceptors (Lipinski definition) is 2. The zero-order valence-electron chi connectivity index (χ0n) is 8.71. The molecule has 2 heteroatoms. The van der Waals surface area contributed by atoms with Crippen molar-refractivity contribution in [1.29, 1.82) is 0 Å². The first-order valence-corrected chi connectivity index (χ1v) is 4.94. The van der Waals surface area contributed by atoms with E-state index in [1.807, 2.05) is 12.1 Å². The minimum Gasteiger partial charge on any atom is -0.469 e. The van der Waals surface area contributed by atoms with Gasteiger partial charge in [0.2, 0.25) is 0 Å². The third-order valence-electron chi connectivity index (χ3n) is 1.96. The first-order valence-electron chi connectivity index (χ1n) is 4.94. The lowest BCUT2D eigenvalue weighted by molar-refractivity contribution is 0.436. The van der Waals surface area contributed by atoms with Crippen LogP contribution in [0, 0.1) is 5.92 Å². The van der Waals surface area contributed by atoms with Gasteiger partial charge in [-0.25, -0.2) is 0 Å². The van der Waals surface area contributed by atoms with Gasteiger partial charge in [0, 0.05) is 12.5 Å². The summed E-state index contributed by atoms with van der Waals surface area (Å²) < 4.78 is 5.27. The largest absolute Gasteiger partial charge is 0.469 e. The number of furan rings is 1. The van der Waals surface area contributed by atoms with Gasteiger partial charge in [0.15, 0.2) is 0 Å². The highest BCUT2D eigenvalue weighted by atomic mass is 16.3. The van der Waals surface area contributed by atoms with E-state index in [1.54, 1.807) is 6.26 Å². The van der Waals surface area contributed by atoms with Crippen LogP contribution < -0.4 is 5.32 Å². The van der Waals surface area contributed by atoms with Gasteiger partial charge in [-0.2, -0.15) is 0 Å². The lowest BCUT2D eigenvalue weighted by atomic mass is 10.1. The Kier molecular flexibility index (Phi) is 4.03. The van der Waals surface area contributed by atoms with Crippen LogP contribution in [-0.2, 0) is 6.42 Å². The Morgan fingerprint density at radius 3 is 2.69 bits per heavy atom. The van der Waals surface area contributed by atoms with E-state index in [0.717, 1.165) is 18.7 Å². The molecule has 13 heavy (non-hydrogen) atoms. The normalized spacial score (nSPS) is 13.5. The zero-order valence-corrected chi connectivity index (χ0v) is 8.71. The Labute approximate surface area is 80.3 Å². The van der Waals surface area contributed by atoms with Gasteiger partial charge in [-0.3, -0.25) is 0 Å². The van der Waals surface area contributed by atoms with Gasteiger partial charge < -0.3 is 9.73 Å². The lowest BCUT2D eigenvalue weighted by Gasteiger charge is -2.13. The van der Waals surface area contributed by atoms with Crippen LogP contribution >= 0.6 is 0 Å². The Balaban J connectivity index is 2.22. The number of nitrogens with one attached hydrogen (secondary N) is 1. The SMILES string of the molecule is CC(C)CNC(C)Cc1ccco1. The molecule has 0 aliphatic carbocycles. The molecule has 1 unspecified atom stereocenters. The van der Waals surface area contributed by atoms with E-state index in [1.165, 1.54) is 0 Å². The molecular formula is C11H19NO. The minimum atomic E-state index is 0.494. The summed E-state index contributed by atoms with van der Waals surface area (Å²) in [6.07, 6.45) is 2.70. The molecule has 1 rings (SSSR count). The third-order valence-corrected chi connectivity index (χ3v) is 1.96. The highest BCUT2D eigenvalue weighted by Crippen LogP contribution is 2.03. The van der Waals surface area contributed by atoms with E-state index in [9.17, 15) is 0 Å². The standard InChI is InChI=1S/C11H19NO/c1-9(2)8-12-10(3)7-11-5-4-6-13-11/h4-6,9-10,12H,7-8H2,1-3H3. The van der Waals surface area contributed by atoms with Gasteiger partial charge in [0.25, 0.3) is 0 Å². The van der Waals surface area contributed by atoms with Crippen molar-refractivity contribution in [3.8, 4) is 0 Å². The molecule has 1 heterocycles. The monoisotopic (exact) mass is 181 g/mol. The van der Waals surface area contributed by atoms with Gasteiger partial charge >= 0.3 is 0 Å². The topological polar surface area (TPSA) is 25.2 Å². The molecule has 1 atom stereocenters. The van der Waals surface area contributed by atoms with Crippen LogP contribution in [0.1, 0.15) is 26.5 Å². The van der Waals surface area contributed by atoms with Crippen LogP contribution in [0.2, 0.25) is 0 Å². The smallest absolute Gasteiger partial charge is 0.105 e. The molecule has 0 saturated carbocycles. The van der Waals surface area contributed by atoms with Crippen molar-refractivity contribution in [1.82, 2.24) is 5.32 Å². The van der Waals surface area contributed by atoms with Crippen molar-refractivity contribution in [3.63, 3.8) is 0 Å². The van der Waals surface area contributed by atoms with Crippen LogP contribution in [0.3, 0.4) is 0 Å². The summed E-state index contributed by atoms with van der Waals surface area (Å²) in [7, 11) is 0. The fraction of sp³-hybridized carbons (Fsp3) is 0.636. The van der Waals surface area contributed by atoms with Crippen LogP contribution in [0.25, 0.3) is 0 Å². The highest BCUT2D eigenvalue weighted by molar-refractivity contribution is 4.99. The van der Waals surface area contributed by atoms with Crippen molar-refractivity contribution in [3.05, 3.63) is 24.2 Å². The highest BCUT2D eigenvalue weighted by Gasteiger charge is 2.05. The summed E-state index contributed by atoms with van der Waals surface area (Å²) >= 11 is 0. The van der Waals surface area contributed by atoms with E-state index in [0.29, 0.717) is 12.0 Å². The summed E-state index contributed by atoms with van der Waals surface area (Å²) in [5.74, 6) is 1.77. The lowest BCUT2D eigenvalue weighted by Crippen LogP contribution is -2.31. The fourth-order valence-electron chi connectivity index (χ4n) is 1.24.